The van der Waals surface area contributed by atoms with Crippen LogP contribution in [0.2, 0.25) is 5.02 Å². The first-order chi connectivity index (χ1) is 5.86. The number of fused-ring (bicyclic) bond motifs is 5. The Bertz CT molecular complexity index is 370. The van der Waals surface area contributed by atoms with Crippen LogP contribution in [-0.4, -0.2) is 0 Å². The normalized spacial score (nSPS) is 29.4. The van der Waals surface area contributed by atoms with Gasteiger partial charge in [-0.15, -0.1) is 0 Å². The summed E-state index contributed by atoms with van der Waals surface area (Å²) >= 11 is 6.09. The molecule has 1 nitrogen and oxygen atoms in total. The summed E-state index contributed by atoms with van der Waals surface area (Å²) in [6.45, 7) is 0. The third kappa shape index (κ3) is 0.680. The highest BCUT2D eigenvalue weighted by atomic mass is 35.5. The minimum absolute atomic E-state index is 0.360. The largest absolute Gasteiger partial charge is 0.296 e. The first kappa shape index (κ1) is 6.70. The summed E-state index contributed by atoms with van der Waals surface area (Å²) in [5.74, 6) is 0. The Kier molecular flexibility index (Phi) is 1.18. The van der Waals surface area contributed by atoms with Gasteiger partial charge >= 0.3 is 0 Å². The van der Waals surface area contributed by atoms with Crippen molar-refractivity contribution in [2.75, 3.05) is 0 Å². The molecule has 0 saturated heterocycles. The van der Waals surface area contributed by atoms with Crippen LogP contribution in [-0.2, 0) is 0 Å². The number of rotatable bonds is 0. The summed E-state index contributed by atoms with van der Waals surface area (Å²) in [7, 11) is 0. The molecule has 2 bridgehead atoms. The van der Waals surface area contributed by atoms with Crippen molar-refractivity contribution in [1.29, 1.82) is 0 Å². The minimum Gasteiger partial charge on any atom is -0.296 e. The number of hydrogen-bond acceptors (Lipinski definition) is 1. The van der Waals surface area contributed by atoms with Crippen LogP contribution in [0.1, 0.15) is 23.2 Å². The molecule has 2 heterocycles. The van der Waals surface area contributed by atoms with E-state index in [-0.39, 0.29) is 0 Å². The van der Waals surface area contributed by atoms with E-state index >= 15 is 0 Å². The van der Waals surface area contributed by atoms with E-state index in [1.54, 1.807) is 0 Å². The van der Waals surface area contributed by atoms with Gasteiger partial charge in [0.2, 0.25) is 0 Å². The van der Waals surface area contributed by atoms with Crippen molar-refractivity contribution in [2.24, 2.45) is 0 Å². The van der Waals surface area contributed by atoms with Gasteiger partial charge in [-0.1, -0.05) is 35.9 Å². The average Bonchev–Trinajstić information content (AvgIpc) is 2.64. The molecule has 2 unspecified atom stereocenters. The predicted molar refractivity (Wildman–Crippen MR) is 49.2 cm³/mol. The molecule has 2 aliphatic rings. The lowest BCUT2D eigenvalue weighted by Crippen LogP contribution is -2.07. The standard InChI is InChI=1S/C10H8ClN/c11-7-3-1-2-6-8-4-5-9(12-8)10(6)7/h1-5,8-9,12H. The van der Waals surface area contributed by atoms with Crippen LogP contribution in [0.4, 0.5) is 0 Å². The summed E-state index contributed by atoms with van der Waals surface area (Å²) in [5.41, 5.74) is 2.61. The zero-order valence-corrected chi connectivity index (χ0v) is 7.18. The maximum atomic E-state index is 6.09. The molecule has 0 aliphatic carbocycles. The predicted octanol–water partition coefficient (Wildman–Crippen LogP) is 2.60. The van der Waals surface area contributed by atoms with Crippen molar-refractivity contribution in [3.8, 4) is 0 Å². The van der Waals surface area contributed by atoms with Crippen LogP contribution in [0, 0.1) is 0 Å². The first-order valence-electron chi connectivity index (χ1n) is 4.09. The second-order valence-electron chi connectivity index (χ2n) is 3.25. The van der Waals surface area contributed by atoms with Gasteiger partial charge in [0, 0.05) is 5.02 Å². The van der Waals surface area contributed by atoms with Gasteiger partial charge in [0.15, 0.2) is 0 Å². The molecule has 0 saturated carbocycles. The van der Waals surface area contributed by atoms with Gasteiger partial charge in [-0.3, -0.25) is 5.32 Å². The van der Waals surface area contributed by atoms with Crippen LogP contribution in [0.3, 0.4) is 0 Å². The molecule has 1 aromatic carbocycles. The van der Waals surface area contributed by atoms with E-state index in [9.17, 15) is 0 Å². The number of halogens is 1. The number of hydrogen-bond donors (Lipinski definition) is 1. The molecule has 1 aromatic rings. The summed E-state index contributed by atoms with van der Waals surface area (Å²) < 4.78 is 0. The Labute approximate surface area is 76.0 Å². The molecule has 0 aromatic heterocycles. The van der Waals surface area contributed by atoms with Gasteiger partial charge in [-0.25, -0.2) is 0 Å². The van der Waals surface area contributed by atoms with Crippen molar-refractivity contribution in [1.82, 2.24) is 5.32 Å². The average molecular weight is 178 g/mol. The third-order valence-corrected chi connectivity index (χ3v) is 2.92. The van der Waals surface area contributed by atoms with Gasteiger partial charge in [0.05, 0.1) is 12.1 Å². The summed E-state index contributed by atoms with van der Waals surface area (Å²) in [4.78, 5) is 0. The molecule has 2 atom stereocenters. The quantitative estimate of drug-likeness (QED) is 0.601. The highest BCUT2D eigenvalue weighted by molar-refractivity contribution is 6.31. The van der Waals surface area contributed by atoms with E-state index in [1.165, 1.54) is 11.1 Å². The van der Waals surface area contributed by atoms with Crippen LogP contribution in [0.5, 0.6) is 0 Å². The lowest BCUT2D eigenvalue weighted by atomic mass is 9.97. The molecule has 0 fully saturated rings. The summed E-state index contributed by atoms with van der Waals surface area (Å²) in [6, 6.07) is 6.87. The van der Waals surface area contributed by atoms with Crippen molar-refractivity contribution in [3.63, 3.8) is 0 Å². The maximum absolute atomic E-state index is 6.09. The molecule has 1 N–H and O–H groups in total. The molecule has 0 radical (unpaired) electrons. The second-order valence-corrected chi connectivity index (χ2v) is 3.66. The highest BCUT2D eigenvalue weighted by Crippen LogP contribution is 2.42. The molecular formula is C10H8ClN. The highest BCUT2D eigenvalue weighted by Gasteiger charge is 2.32. The zero-order valence-electron chi connectivity index (χ0n) is 6.42. The number of nitrogens with one attached hydrogen (secondary N) is 1. The molecule has 3 rings (SSSR count). The van der Waals surface area contributed by atoms with Gasteiger partial charge in [0.25, 0.3) is 0 Å². The topological polar surface area (TPSA) is 12.0 Å². The Balaban J connectivity index is 2.30. The van der Waals surface area contributed by atoms with E-state index in [1.807, 2.05) is 12.1 Å². The SMILES string of the molecule is Clc1cccc2c1C1C=CC2N1. The molecular weight excluding hydrogens is 170 g/mol. The van der Waals surface area contributed by atoms with Crippen LogP contribution in [0.25, 0.3) is 0 Å². The van der Waals surface area contributed by atoms with Crippen LogP contribution >= 0.6 is 11.6 Å². The Morgan fingerprint density at radius 2 is 2.00 bits per heavy atom. The fourth-order valence-corrected chi connectivity index (χ4v) is 2.35. The fraction of sp³-hybridized carbons (Fsp3) is 0.200. The van der Waals surface area contributed by atoms with Crippen molar-refractivity contribution >= 4 is 11.6 Å². The van der Waals surface area contributed by atoms with Gasteiger partial charge in [-0.05, 0) is 17.2 Å². The van der Waals surface area contributed by atoms with Gasteiger partial charge < -0.3 is 0 Å². The lowest BCUT2D eigenvalue weighted by Gasteiger charge is -2.09. The molecule has 2 heteroatoms. The van der Waals surface area contributed by atoms with E-state index in [2.05, 4.69) is 23.5 Å². The fourth-order valence-electron chi connectivity index (χ4n) is 2.05. The Hall–Kier alpha value is -0.790. The van der Waals surface area contributed by atoms with Crippen molar-refractivity contribution < 1.29 is 0 Å². The maximum Gasteiger partial charge on any atom is 0.0532 e. The smallest absolute Gasteiger partial charge is 0.0532 e. The first-order valence-corrected chi connectivity index (χ1v) is 4.47. The Morgan fingerprint density at radius 3 is 2.83 bits per heavy atom. The van der Waals surface area contributed by atoms with E-state index in [0.29, 0.717) is 12.1 Å². The van der Waals surface area contributed by atoms with Crippen molar-refractivity contribution in [2.45, 2.75) is 12.1 Å². The van der Waals surface area contributed by atoms with E-state index in [4.69, 9.17) is 11.6 Å². The van der Waals surface area contributed by atoms with Crippen LogP contribution < -0.4 is 5.32 Å². The van der Waals surface area contributed by atoms with Gasteiger partial charge in [0.1, 0.15) is 0 Å². The van der Waals surface area contributed by atoms with E-state index < -0.39 is 0 Å². The molecule has 12 heavy (non-hydrogen) atoms. The molecule has 0 amide bonds. The third-order valence-electron chi connectivity index (χ3n) is 2.59. The van der Waals surface area contributed by atoms with Gasteiger partial charge in [-0.2, -0.15) is 0 Å². The summed E-state index contributed by atoms with van der Waals surface area (Å²) in [5, 5.41) is 4.32. The monoisotopic (exact) mass is 177 g/mol. The van der Waals surface area contributed by atoms with Crippen LogP contribution in [0.15, 0.2) is 30.4 Å². The lowest BCUT2D eigenvalue weighted by molar-refractivity contribution is 0.673. The zero-order chi connectivity index (χ0) is 8.13. The number of benzene rings is 1. The van der Waals surface area contributed by atoms with Crippen molar-refractivity contribution in [3.05, 3.63) is 46.5 Å². The molecule has 2 aliphatic heterocycles. The Morgan fingerprint density at radius 1 is 1.17 bits per heavy atom. The molecule has 0 spiro atoms. The second kappa shape index (κ2) is 2.12. The van der Waals surface area contributed by atoms with E-state index in [0.717, 1.165) is 5.02 Å². The summed E-state index contributed by atoms with van der Waals surface area (Å²) in [6.07, 6.45) is 4.38. The minimum atomic E-state index is 0.360. The molecule has 60 valence electrons.